The molecule has 0 bridgehead atoms. The van der Waals surface area contributed by atoms with Crippen LogP contribution in [0.1, 0.15) is 9.67 Å². The van der Waals surface area contributed by atoms with E-state index in [0.29, 0.717) is 15.6 Å². The first-order valence-corrected chi connectivity index (χ1v) is 5.93. The molecule has 0 saturated carbocycles. The summed E-state index contributed by atoms with van der Waals surface area (Å²) in [5.41, 5.74) is 6.11. The van der Waals surface area contributed by atoms with Crippen LogP contribution < -0.4 is 11.1 Å². The summed E-state index contributed by atoms with van der Waals surface area (Å²) in [7, 11) is 0. The van der Waals surface area contributed by atoms with E-state index in [2.05, 4.69) is 5.32 Å². The van der Waals surface area contributed by atoms with E-state index in [1.54, 1.807) is 11.4 Å². The van der Waals surface area contributed by atoms with Crippen molar-refractivity contribution in [3.63, 3.8) is 0 Å². The minimum Gasteiger partial charge on any atom is -0.397 e. The molecule has 0 aliphatic rings. The predicted molar refractivity (Wildman–Crippen MR) is 68.1 cm³/mol. The second-order valence-electron chi connectivity index (χ2n) is 3.28. The fourth-order valence-corrected chi connectivity index (χ4v) is 2.32. The van der Waals surface area contributed by atoms with Crippen molar-refractivity contribution in [1.29, 1.82) is 0 Å². The molecule has 0 unspecified atom stereocenters. The van der Waals surface area contributed by atoms with Gasteiger partial charge in [-0.25, -0.2) is 4.39 Å². The largest absolute Gasteiger partial charge is 0.397 e. The highest BCUT2D eigenvalue weighted by Crippen LogP contribution is 2.25. The average molecular weight is 271 g/mol. The molecule has 1 heterocycles. The Balaban J connectivity index is 2.22. The lowest BCUT2D eigenvalue weighted by Gasteiger charge is -2.07. The highest BCUT2D eigenvalue weighted by molar-refractivity contribution is 7.12. The summed E-state index contributed by atoms with van der Waals surface area (Å²) in [4.78, 5) is 12.2. The lowest BCUT2D eigenvalue weighted by atomic mass is 10.2. The summed E-state index contributed by atoms with van der Waals surface area (Å²) in [6.45, 7) is 0. The van der Waals surface area contributed by atoms with Gasteiger partial charge in [-0.3, -0.25) is 4.79 Å². The number of nitrogens with one attached hydrogen (secondary N) is 1. The van der Waals surface area contributed by atoms with Crippen molar-refractivity contribution in [2.24, 2.45) is 0 Å². The Kier molecular flexibility index (Phi) is 3.31. The Morgan fingerprint density at radius 3 is 2.76 bits per heavy atom. The number of nitrogen functional groups attached to an aromatic ring is 1. The van der Waals surface area contributed by atoms with E-state index in [1.165, 1.54) is 23.5 Å². The van der Waals surface area contributed by atoms with Crippen molar-refractivity contribution in [2.75, 3.05) is 11.1 Å². The number of hydrogen-bond donors (Lipinski definition) is 2. The van der Waals surface area contributed by atoms with Crippen LogP contribution in [-0.4, -0.2) is 5.91 Å². The molecule has 1 amide bonds. The van der Waals surface area contributed by atoms with E-state index in [1.807, 2.05) is 0 Å². The van der Waals surface area contributed by atoms with E-state index in [4.69, 9.17) is 17.3 Å². The van der Waals surface area contributed by atoms with Crippen molar-refractivity contribution < 1.29 is 9.18 Å². The van der Waals surface area contributed by atoms with Crippen LogP contribution in [-0.2, 0) is 0 Å². The van der Waals surface area contributed by atoms with E-state index < -0.39 is 5.82 Å². The van der Waals surface area contributed by atoms with Crippen LogP contribution in [0.2, 0.25) is 5.02 Å². The minimum atomic E-state index is -0.449. The lowest BCUT2D eigenvalue weighted by molar-refractivity contribution is 0.103. The number of carbonyl (C=O) groups excluding carboxylic acids is 1. The molecule has 0 saturated heterocycles. The van der Waals surface area contributed by atoms with Gasteiger partial charge in [-0.05, 0) is 29.6 Å². The molecular formula is C11H8ClFN2OS. The smallest absolute Gasteiger partial charge is 0.267 e. The third kappa shape index (κ3) is 2.57. The molecule has 2 rings (SSSR count). The monoisotopic (exact) mass is 270 g/mol. The Morgan fingerprint density at radius 1 is 1.41 bits per heavy atom. The van der Waals surface area contributed by atoms with E-state index in [0.717, 1.165) is 6.07 Å². The van der Waals surface area contributed by atoms with E-state index in [-0.39, 0.29) is 11.6 Å². The fourth-order valence-electron chi connectivity index (χ4n) is 1.28. The molecule has 2 aromatic rings. The van der Waals surface area contributed by atoms with Crippen molar-refractivity contribution in [1.82, 2.24) is 0 Å². The number of anilines is 2. The maximum absolute atomic E-state index is 12.8. The molecule has 88 valence electrons. The summed E-state index contributed by atoms with van der Waals surface area (Å²) in [6.07, 6.45) is 0. The van der Waals surface area contributed by atoms with Crippen LogP contribution in [0.3, 0.4) is 0 Å². The van der Waals surface area contributed by atoms with Crippen LogP contribution in [0.25, 0.3) is 0 Å². The quantitative estimate of drug-likeness (QED) is 0.822. The number of amides is 1. The van der Waals surface area contributed by atoms with Crippen LogP contribution in [0.4, 0.5) is 15.8 Å². The number of carbonyl (C=O) groups is 1. The summed E-state index contributed by atoms with van der Waals surface area (Å²) in [5, 5.41) is 4.67. The van der Waals surface area contributed by atoms with Gasteiger partial charge in [0.2, 0.25) is 0 Å². The third-order valence-electron chi connectivity index (χ3n) is 2.09. The Bertz CT molecular complexity index is 570. The summed E-state index contributed by atoms with van der Waals surface area (Å²) in [5.74, 6) is -0.807. The number of rotatable bonds is 2. The number of benzene rings is 1. The van der Waals surface area contributed by atoms with Gasteiger partial charge < -0.3 is 11.1 Å². The summed E-state index contributed by atoms with van der Waals surface area (Å²) in [6, 6.07) is 5.41. The van der Waals surface area contributed by atoms with Gasteiger partial charge in [0.25, 0.3) is 5.91 Å². The van der Waals surface area contributed by atoms with Gasteiger partial charge in [0.1, 0.15) is 10.7 Å². The number of hydrogen-bond acceptors (Lipinski definition) is 3. The summed E-state index contributed by atoms with van der Waals surface area (Å²) >= 11 is 7.05. The van der Waals surface area contributed by atoms with Gasteiger partial charge in [0, 0.05) is 0 Å². The van der Waals surface area contributed by atoms with Crippen molar-refractivity contribution >= 4 is 40.2 Å². The number of nitrogens with two attached hydrogens (primary N) is 1. The predicted octanol–water partition coefficient (Wildman–Crippen LogP) is 3.38. The normalized spacial score (nSPS) is 10.2. The van der Waals surface area contributed by atoms with Crippen LogP contribution in [0.5, 0.6) is 0 Å². The van der Waals surface area contributed by atoms with E-state index in [9.17, 15) is 9.18 Å². The van der Waals surface area contributed by atoms with Crippen LogP contribution in [0.15, 0.2) is 29.6 Å². The fraction of sp³-hybridized carbons (Fsp3) is 0. The molecule has 0 aliphatic heterocycles. The van der Waals surface area contributed by atoms with E-state index >= 15 is 0 Å². The van der Waals surface area contributed by atoms with Crippen molar-refractivity contribution in [3.8, 4) is 0 Å². The number of halogens is 2. The highest BCUT2D eigenvalue weighted by atomic mass is 35.5. The van der Waals surface area contributed by atoms with Gasteiger partial charge in [-0.1, -0.05) is 11.6 Å². The molecule has 1 aromatic heterocycles. The van der Waals surface area contributed by atoms with Crippen molar-refractivity contribution in [3.05, 3.63) is 45.4 Å². The Morgan fingerprint density at radius 2 is 2.18 bits per heavy atom. The SMILES string of the molecule is Nc1cc(F)ccc1NC(=O)c1sccc1Cl. The molecule has 0 aliphatic carbocycles. The van der Waals surface area contributed by atoms with Gasteiger partial charge in [0.05, 0.1) is 16.4 Å². The zero-order valence-corrected chi connectivity index (χ0v) is 10.1. The second kappa shape index (κ2) is 4.73. The second-order valence-corrected chi connectivity index (χ2v) is 4.61. The molecular weight excluding hydrogens is 263 g/mol. The maximum Gasteiger partial charge on any atom is 0.267 e. The molecule has 0 atom stereocenters. The standard InChI is InChI=1S/C11H8ClFN2OS/c12-7-3-4-17-10(7)11(16)15-9-2-1-6(13)5-8(9)14/h1-5H,14H2,(H,15,16). The van der Waals surface area contributed by atoms with Crippen LogP contribution >= 0.6 is 22.9 Å². The first kappa shape index (κ1) is 11.9. The van der Waals surface area contributed by atoms with Gasteiger partial charge in [-0.15, -0.1) is 11.3 Å². The maximum atomic E-state index is 12.8. The Hall–Kier alpha value is -1.59. The first-order chi connectivity index (χ1) is 8.08. The molecule has 0 radical (unpaired) electrons. The molecule has 0 spiro atoms. The lowest BCUT2D eigenvalue weighted by Crippen LogP contribution is -2.12. The van der Waals surface area contributed by atoms with Crippen molar-refractivity contribution in [2.45, 2.75) is 0 Å². The minimum absolute atomic E-state index is 0.172. The van der Waals surface area contributed by atoms with Gasteiger partial charge >= 0.3 is 0 Å². The average Bonchev–Trinajstić information content (AvgIpc) is 2.68. The zero-order chi connectivity index (χ0) is 12.4. The molecule has 17 heavy (non-hydrogen) atoms. The third-order valence-corrected chi connectivity index (χ3v) is 3.43. The van der Waals surface area contributed by atoms with Crippen LogP contribution in [0, 0.1) is 5.82 Å². The number of thiophene rings is 1. The van der Waals surface area contributed by atoms with Gasteiger partial charge in [-0.2, -0.15) is 0 Å². The molecule has 1 aromatic carbocycles. The topological polar surface area (TPSA) is 55.1 Å². The highest BCUT2D eigenvalue weighted by Gasteiger charge is 2.13. The van der Waals surface area contributed by atoms with Gasteiger partial charge in [0.15, 0.2) is 0 Å². The summed E-state index contributed by atoms with van der Waals surface area (Å²) < 4.78 is 12.8. The Labute approximate surface area is 106 Å². The first-order valence-electron chi connectivity index (χ1n) is 4.67. The zero-order valence-electron chi connectivity index (χ0n) is 8.54. The molecule has 6 heteroatoms. The molecule has 3 N–H and O–H groups in total. The molecule has 0 fully saturated rings. The molecule has 3 nitrogen and oxygen atoms in total.